The molecule has 0 atom stereocenters. The number of carbonyl (C=O) groups excluding carboxylic acids is 1. The molecule has 0 fully saturated rings. The van der Waals surface area contributed by atoms with Gasteiger partial charge < -0.3 is 16.2 Å². The normalized spacial score (nSPS) is 11.1. The van der Waals surface area contributed by atoms with Gasteiger partial charge in [0.1, 0.15) is 11.4 Å². The minimum atomic E-state index is -1.23. The van der Waals surface area contributed by atoms with E-state index in [0.29, 0.717) is 12.8 Å². The number of anilines is 1. The minimum Gasteiger partial charge on any atom is -0.480 e. The molecule has 0 bridgehead atoms. The number of nitrogens with one attached hydrogen (secondary N) is 1. The highest BCUT2D eigenvalue weighted by molar-refractivity contribution is 5.93. The van der Waals surface area contributed by atoms with Crippen molar-refractivity contribution < 1.29 is 19.1 Å². The van der Waals surface area contributed by atoms with Crippen molar-refractivity contribution in [3.63, 3.8) is 0 Å². The number of primary amides is 1. The van der Waals surface area contributed by atoms with E-state index in [4.69, 9.17) is 5.73 Å². The zero-order chi connectivity index (χ0) is 14.6. The summed E-state index contributed by atoms with van der Waals surface area (Å²) in [6, 6.07) is 3.66. The highest BCUT2D eigenvalue weighted by Crippen LogP contribution is 2.25. The van der Waals surface area contributed by atoms with Crippen molar-refractivity contribution in [1.29, 1.82) is 0 Å². The van der Waals surface area contributed by atoms with Gasteiger partial charge in [0.05, 0.1) is 5.69 Å². The van der Waals surface area contributed by atoms with E-state index in [0.717, 1.165) is 6.07 Å². The van der Waals surface area contributed by atoms with E-state index in [-0.39, 0.29) is 11.3 Å². The molecule has 0 unspecified atom stereocenters. The van der Waals surface area contributed by atoms with Crippen molar-refractivity contribution in [2.75, 3.05) is 5.32 Å². The highest BCUT2D eigenvalue weighted by atomic mass is 19.1. The molecular weight excluding hydrogens is 251 g/mol. The number of amides is 1. The molecule has 1 aromatic carbocycles. The largest absolute Gasteiger partial charge is 0.480 e. The number of carboxylic acid groups (broad SMARTS) is 1. The molecule has 19 heavy (non-hydrogen) atoms. The van der Waals surface area contributed by atoms with Crippen LogP contribution in [-0.2, 0) is 4.79 Å². The van der Waals surface area contributed by atoms with Crippen molar-refractivity contribution in [2.24, 2.45) is 5.73 Å². The molecule has 1 aromatic rings. The highest BCUT2D eigenvalue weighted by Gasteiger charge is 2.35. The summed E-state index contributed by atoms with van der Waals surface area (Å²) >= 11 is 0. The molecule has 0 spiro atoms. The first-order chi connectivity index (χ1) is 8.86. The van der Waals surface area contributed by atoms with Crippen LogP contribution in [0.2, 0.25) is 0 Å². The molecule has 1 amide bonds. The molecule has 6 heteroatoms. The number of halogens is 1. The molecule has 4 N–H and O–H groups in total. The third-order valence-corrected chi connectivity index (χ3v) is 3.24. The molecule has 5 nitrogen and oxygen atoms in total. The maximum atomic E-state index is 13.8. The van der Waals surface area contributed by atoms with E-state index < -0.39 is 23.2 Å². The Labute approximate surface area is 110 Å². The lowest BCUT2D eigenvalue weighted by molar-refractivity contribution is -0.142. The fourth-order valence-electron chi connectivity index (χ4n) is 1.81. The smallest absolute Gasteiger partial charge is 0.329 e. The first-order valence-corrected chi connectivity index (χ1v) is 5.97. The van der Waals surface area contributed by atoms with Gasteiger partial charge in [-0.1, -0.05) is 13.8 Å². The van der Waals surface area contributed by atoms with Crippen LogP contribution in [0.5, 0.6) is 0 Å². The summed E-state index contributed by atoms with van der Waals surface area (Å²) < 4.78 is 13.8. The molecule has 0 heterocycles. The number of nitrogens with two attached hydrogens (primary N) is 1. The zero-order valence-corrected chi connectivity index (χ0v) is 10.9. The lowest BCUT2D eigenvalue weighted by Crippen LogP contribution is -2.45. The Morgan fingerprint density at radius 1 is 1.37 bits per heavy atom. The van der Waals surface area contributed by atoms with Gasteiger partial charge in [-0.15, -0.1) is 0 Å². The van der Waals surface area contributed by atoms with Crippen LogP contribution in [0.4, 0.5) is 10.1 Å². The van der Waals surface area contributed by atoms with Crippen molar-refractivity contribution in [3.8, 4) is 0 Å². The second-order valence-electron chi connectivity index (χ2n) is 4.28. The molecular formula is C13H17FN2O3. The number of carboxylic acids is 1. The summed E-state index contributed by atoms with van der Waals surface area (Å²) in [6.07, 6.45) is 0.603. The van der Waals surface area contributed by atoms with Crippen molar-refractivity contribution in [3.05, 3.63) is 29.6 Å². The van der Waals surface area contributed by atoms with Gasteiger partial charge in [0.15, 0.2) is 0 Å². The van der Waals surface area contributed by atoms with Crippen molar-refractivity contribution in [1.82, 2.24) is 0 Å². The molecule has 0 radical (unpaired) electrons. The standard InChI is InChI=1S/C13H17FN2O3/c1-3-13(4-2,12(18)19)16-10-6-5-8(11(15)17)7-9(10)14/h5-7,16H,3-4H2,1-2H3,(H2,15,17)(H,18,19). The predicted octanol–water partition coefficient (Wildman–Crippen LogP) is 1.98. The number of aliphatic carboxylic acids is 1. The second kappa shape index (κ2) is 5.69. The molecule has 0 aliphatic heterocycles. The summed E-state index contributed by atoms with van der Waals surface area (Å²) in [5.41, 5.74) is 3.89. The fraction of sp³-hybridized carbons (Fsp3) is 0.385. The first-order valence-electron chi connectivity index (χ1n) is 5.97. The van der Waals surface area contributed by atoms with Crippen LogP contribution in [0, 0.1) is 5.82 Å². The van der Waals surface area contributed by atoms with Crippen LogP contribution in [0.3, 0.4) is 0 Å². The average Bonchev–Trinajstić information content (AvgIpc) is 2.37. The summed E-state index contributed by atoms with van der Waals surface area (Å²) in [5, 5.41) is 12.0. The molecule has 1 rings (SSSR count). The van der Waals surface area contributed by atoms with Gasteiger partial charge in [-0.05, 0) is 31.0 Å². The Bertz CT molecular complexity index is 499. The Hall–Kier alpha value is -2.11. The Balaban J connectivity index is 3.11. The predicted molar refractivity (Wildman–Crippen MR) is 69.5 cm³/mol. The fourth-order valence-corrected chi connectivity index (χ4v) is 1.81. The van der Waals surface area contributed by atoms with E-state index in [9.17, 15) is 19.1 Å². The summed E-state index contributed by atoms with van der Waals surface area (Å²) in [6.45, 7) is 3.42. The van der Waals surface area contributed by atoms with Crippen LogP contribution in [0.25, 0.3) is 0 Å². The number of carbonyl (C=O) groups is 2. The van der Waals surface area contributed by atoms with Gasteiger partial charge in [0, 0.05) is 5.56 Å². The van der Waals surface area contributed by atoms with E-state index in [1.54, 1.807) is 13.8 Å². The average molecular weight is 268 g/mol. The number of rotatable bonds is 6. The lowest BCUT2D eigenvalue weighted by Gasteiger charge is -2.29. The van der Waals surface area contributed by atoms with Gasteiger partial charge in [-0.2, -0.15) is 0 Å². The Morgan fingerprint density at radius 3 is 2.32 bits per heavy atom. The van der Waals surface area contributed by atoms with Gasteiger partial charge in [-0.3, -0.25) is 4.79 Å². The Morgan fingerprint density at radius 2 is 1.95 bits per heavy atom. The van der Waals surface area contributed by atoms with Crippen LogP contribution in [0.15, 0.2) is 18.2 Å². The maximum absolute atomic E-state index is 13.8. The summed E-state index contributed by atoms with van der Waals surface area (Å²) in [5.74, 6) is -2.49. The SMILES string of the molecule is CCC(CC)(Nc1ccc(C(N)=O)cc1F)C(=O)O. The summed E-state index contributed by atoms with van der Waals surface area (Å²) in [4.78, 5) is 22.2. The van der Waals surface area contributed by atoms with Crippen LogP contribution < -0.4 is 11.1 Å². The van der Waals surface area contributed by atoms with Crippen LogP contribution in [0.1, 0.15) is 37.0 Å². The lowest BCUT2D eigenvalue weighted by atomic mass is 9.92. The van der Waals surface area contributed by atoms with Crippen LogP contribution >= 0.6 is 0 Å². The van der Waals surface area contributed by atoms with E-state index >= 15 is 0 Å². The zero-order valence-electron chi connectivity index (χ0n) is 10.9. The van der Waals surface area contributed by atoms with Crippen molar-refractivity contribution in [2.45, 2.75) is 32.2 Å². The Kier molecular flexibility index (Phi) is 4.47. The number of hydrogen-bond acceptors (Lipinski definition) is 3. The minimum absolute atomic E-state index is 0.0381. The molecule has 104 valence electrons. The van der Waals surface area contributed by atoms with E-state index in [2.05, 4.69) is 5.32 Å². The second-order valence-corrected chi connectivity index (χ2v) is 4.28. The molecule has 0 aromatic heterocycles. The molecule has 0 aliphatic carbocycles. The number of benzene rings is 1. The van der Waals surface area contributed by atoms with E-state index in [1.807, 2.05) is 0 Å². The van der Waals surface area contributed by atoms with Gasteiger partial charge in [0.2, 0.25) is 5.91 Å². The topological polar surface area (TPSA) is 92.4 Å². The summed E-state index contributed by atoms with van der Waals surface area (Å²) in [7, 11) is 0. The van der Waals surface area contributed by atoms with Crippen molar-refractivity contribution >= 4 is 17.6 Å². The third kappa shape index (κ3) is 3.01. The quantitative estimate of drug-likeness (QED) is 0.735. The first kappa shape index (κ1) is 14.9. The molecule has 0 saturated carbocycles. The van der Waals surface area contributed by atoms with Gasteiger partial charge in [0.25, 0.3) is 0 Å². The maximum Gasteiger partial charge on any atom is 0.329 e. The monoisotopic (exact) mass is 268 g/mol. The van der Waals surface area contributed by atoms with Crippen LogP contribution in [-0.4, -0.2) is 22.5 Å². The third-order valence-electron chi connectivity index (χ3n) is 3.24. The van der Waals surface area contributed by atoms with Gasteiger partial charge >= 0.3 is 5.97 Å². The van der Waals surface area contributed by atoms with E-state index in [1.165, 1.54) is 12.1 Å². The molecule has 0 saturated heterocycles. The number of hydrogen-bond donors (Lipinski definition) is 3. The van der Waals surface area contributed by atoms with Gasteiger partial charge in [-0.25, -0.2) is 9.18 Å². The molecule has 0 aliphatic rings.